The van der Waals surface area contributed by atoms with E-state index in [1.54, 1.807) is 12.1 Å². The summed E-state index contributed by atoms with van der Waals surface area (Å²) in [5, 5.41) is 0. The van der Waals surface area contributed by atoms with Crippen LogP contribution in [0.4, 0.5) is 24.7 Å². The van der Waals surface area contributed by atoms with Crippen molar-refractivity contribution in [2.24, 2.45) is 0 Å². The number of aromatic nitrogens is 1. The second-order valence-corrected chi connectivity index (χ2v) is 9.70. The first kappa shape index (κ1) is 24.0. The highest BCUT2D eigenvalue weighted by Gasteiger charge is 2.48. The minimum Gasteiger partial charge on any atom is -0.472 e. The highest BCUT2D eigenvalue weighted by atomic mass is 32.2. The number of pyridine rings is 1. The number of hydrogen-bond acceptors (Lipinski definition) is 6. The summed E-state index contributed by atoms with van der Waals surface area (Å²) >= 11 is -2.47. The summed E-state index contributed by atoms with van der Waals surface area (Å²) < 4.78 is 74.6. The normalized spacial score (nSPS) is 24.9. The van der Waals surface area contributed by atoms with E-state index in [1.807, 2.05) is 27.7 Å². The molecule has 31 heavy (non-hydrogen) atoms. The van der Waals surface area contributed by atoms with E-state index in [9.17, 15) is 21.9 Å². The molecule has 0 radical (unpaired) electrons. The quantitative estimate of drug-likeness (QED) is 0.684. The third kappa shape index (κ3) is 5.99. The lowest BCUT2D eigenvalue weighted by Gasteiger charge is -2.42. The molecule has 1 aromatic rings. The molecule has 0 aromatic carbocycles. The Kier molecular flexibility index (Phi) is 7.04. The molecular weight excluding hydrogens is 437 g/mol. The zero-order valence-corrected chi connectivity index (χ0v) is 18.9. The lowest BCUT2D eigenvalue weighted by Crippen LogP contribution is -2.59. The van der Waals surface area contributed by atoms with Crippen LogP contribution in [0.5, 0.6) is 5.88 Å². The van der Waals surface area contributed by atoms with Crippen molar-refractivity contribution < 1.29 is 31.4 Å². The third-order valence-electron chi connectivity index (χ3n) is 5.12. The number of hydrogen-bond donors (Lipinski definition) is 1. The van der Waals surface area contributed by atoms with Crippen LogP contribution in [0.1, 0.15) is 27.7 Å². The first-order chi connectivity index (χ1) is 14.3. The fraction of sp³-hybridized carbons (Fsp3) is 0.737. The van der Waals surface area contributed by atoms with Gasteiger partial charge >= 0.3 is 6.18 Å². The van der Waals surface area contributed by atoms with Gasteiger partial charge in [-0.3, -0.25) is 4.55 Å². The number of piperazine rings is 1. The van der Waals surface area contributed by atoms with Crippen LogP contribution in [-0.2, 0) is 16.0 Å². The molecule has 0 aliphatic carbocycles. The van der Waals surface area contributed by atoms with Crippen LogP contribution in [0.3, 0.4) is 0 Å². The Balaban J connectivity index is 2.02. The monoisotopic (exact) mass is 466 g/mol. The van der Waals surface area contributed by atoms with Crippen LogP contribution in [0.2, 0.25) is 0 Å². The maximum absolute atomic E-state index is 13.9. The summed E-state index contributed by atoms with van der Waals surface area (Å²) in [6.45, 7) is 8.41. The first-order valence-corrected chi connectivity index (χ1v) is 11.2. The average molecular weight is 467 g/mol. The molecule has 3 atom stereocenters. The molecule has 0 amide bonds. The summed E-state index contributed by atoms with van der Waals surface area (Å²) in [6.07, 6.45) is -4.60. The van der Waals surface area contributed by atoms with E-state index >= 15 is 0 Å². The SMILES string of the molecule is C[C@@H]1COCCN1c1cc(OC(C)(C)C)nc(N2CCN(S(=O)O)CC2C(F)(F)F)c1. The second kappa shape index (κ2) is 9.08. The number of alkyl halides is 3. The first-order valence-electron chi connectivity index (χ1n) is 10.1. The fourth-order valence-corrected chi connectivity index (χ4v) is 4.23. The van der Waals surface area contributed by atoms with Crippen LogP contribution in [-0.4, -0.2) is 81.3 Å². The molecule has 8 nitrogen and oxygen atoms in total. The third-order valence-corrected chi connectivity index (χ3v) is 5.89. The molecule has 2 unspecified atom stereocenters. The Morgan fingerprint density at radius 1 is 1.19 bits per heavy atom. The average Bonchev–Trinajstić information content (AvgIpc) is 2.65. The van der Waals surface area contributed by atoms with Crippen molar-refractivity contribution in [3.8, 4) is 5.88 Å². The van der Waals surface area contributed by atoms with Crippen molar-refractivity contribution in [3.05, 3.63) is 12.1 Å². The minimum atomic E-state index is -4.60. The second-order valence-electron chi connectivity index (χ2n) is 8.72. The lowest BCUT2D eigenvalue weighted by atomic mass is 10.1. The van der Waals surface area contributed by atoms with Gasteiger partial charge in [-0.15, -0.1) is 0 Å². The van der Waals surface area contributed by atoms with Gasteiger partial charge < -0.3 is 19.3 Å². The van der Waals surface area contributed by atoms with E-state index in [0.29, 0.717) is 25.4 Å². The summed E-state index contributed by atoms with van der Waals surface area (Å²) in [5.74, 6) is 0.355. The summed E-state index contributed by atoms with van der Waals surface area (Å²) in [4.78, 5) is 7.59. The molecule has 0 spiro atoms. The number of anilines is 2. The lowest BCUT2D eigenvalue weighted by molar-refractivity contribution is -0.153. The van der Waals surface area contributed by atoms with Crippen LogP contribution in [0.25, 0.3) is 0 Å². The fourth-order valence-electron chi connectivity index (χ4n) is 3.72. The number of halogens is 3. The summed E-state index contributed by atoms with van der Waals surface area (Å²) in [5.41, 5.74) is 0.115. The number of nitrogens with zero attached hydrogens (tertiary/aromatic N) is 4. The van der Waals surface area contributed by atoms with Crippen molar-refractivity contribution in [2.75, 3.05) is 49.2 Å². The van der Waals surface area contributed by atoms with Gasteiger partial charge in [0.2, 0.25) is 17.1 Å². The van der Waals surface area contributed by atoms with Crippen molar-refractivity contribution in [3.63, 3.8) is 0 Å². The van der Waals surface area contributed by atoms with E-state index in [1.165, 1.54) is 0 Å². The molecule has 176 valence electrons. The largest absolute Gasteiger partial charge is 0.472 e. The zero-order chi connectivity index (χ0) is 23.0. The number of morpholine rings is 1. The van der Waals surface area contributed by atoms with E-state index < -0.39 is 35.6 Å². The standard InChI is InChI=1S/C19H29F3N4O4S/c1-13-12-29-8-7-25(13)14-9-16(23-17(10-14)30-18(2,3)4)26-6-5-24(31(27)28)11-15(26)19(20,21)22/h9-10,13,15H,5-8,11-12H2,1-4H3,(H,27,28)/t13-,15?/m1/s1. The molecule has 0 saturated carbocycles. The van der Waals surface area contributed by atoms with Crippen molar-refractivity contribution in [1.82, 2.24) is 9.29 Å². The summed E-state index contributed by atoms with van der Waals surface area (Å²) in [7, 11) is 0. The molecule has 1 aromatic heterocycles. The highest BCUT2D eigenvalue weighted by molar-refractivity contribution is 7.76. The predicted molar refractivity (Wildman–Crippen MR) is 112 cm³/mol. The maximum atomic E-state index is 13.9. The molecule has 2 aliphatic rings. The highest BCUT2D eigenvalue weighted by Crippen LogP contribution is 2.35. The van der Waals surface area contributed by atoms with E-state index in [2.05, 4.69) is 9.88 Å². The molecule has 1 N–H and O–H groups in total. The van der Waals surface area contributed by atoms with Crippen LogP contribution >= 0.6 is 0 Å². The minimum absolute atomic E-state index is 0.00498. The van der Waals surface area contributed by atoms with Crippen LogP contribution < -0.4 is 14.5 Å². The Morgan fingerprint density at radius 3 is 2.48 bits per heavy atom. The molecule has 2 saturated heterocycles. The Bertz CT molecular complexity index is 805. The zero-order valence-electron chi connectivity index (χ0n) is 18.1. The van der Waals surface area contributed by atoms with Crippen molar-refractivity contribution >= 4 is 22.8 Å². The number of ether oxygens (including phenoxy) is 2. The number of rotatable bonds is 4. The van der Waals surface area contributed by atoms with Gasteiger partial charge in [0.05, 0.1) is 13.2 Å². The molecular formula is C19H29F3N4O4S. The van der Waals surface area contributed by atoms with E-state index in [4.69, 9.17) is 9.47 Å². The Hall–Kier alpha value is -1.63. The molecule has 12 heteroatoms. The van der Waals surface area contributed by atoms with Crippen molar-refractivity contribution in [1.29, 1.82) is 0 Å². The van der Waals surface area contributed by atoms with Gasteiger partial charge in [-0.05, 0) is 27.7 Å². The molecule has 0 bridgehead atoms. The maximum Gasteiger partial charge on any atom is 0.410 e. The van der Waals surface area contributed by atoms with Gasteiger partial charge in [-0.25, -0.2) is 4.21 Å². The topological polar surface area (TPSA) is 78.4 Å². The van der Waals surface area contributed by atoms with Gasteiger partial charge in [0, 0.05) is 50.0 Å². The van der Waals surface area contributed by atoms with Crippen LogP contribution in [0, 0.1) is 0 Å². The van der Waals surface area contributed by atoms with Gasteiger partial charge in [0.15, 0.2) is 0 Å². The van der Waals surface area contributed by atoms with E-state index in [-0.39, 0.29) is 30.8 Å². The molecule has 3 rings (SSSR count). The van der Waals surface area contributed by atoms with E-state index in [0.717, 1.165) is 9.21 Å². The van der Waals surface area contributed by atoms with Gasteiger partial charge in [0.1, 0.15) is 17.5 Å². The Morgan fingerprint density at radius 2 is 1.90 bits per heavy atom. The molecule has 2 fully saturated rings. The molecule has 2 aliphatic heterocycles. The van der Waals surface area contributed by atoms with Crippen molar-refractivity contribution in [2.45, 2.75) is 51.6 Å². The van der Waals surface area contributed by atoms with Gasteiger partial charge in [-0.1, -0.05) is 0 Å². The van der Waals surface area contributed by atoms with Crippen LogP contribution in [0.15, 0.2) is 12.1 Å². The Labute approximate surface area is 182 Å². The smallest absolute Gasteiger partial charge is 0.410 e. The van der Waals surface area contributed by atoms with Gasteiger partial charge in [-0.2, -0.15) is 22.5 Å². The molecule has 3 heterocycles. The summed E-state index contributed by atoms with van der Waals surface area (Å²) in [6, 6.07) is 1.43. The van der Waals surface area contributed by atoms with Gasteiger partial charge in [0.25, 0.3) is 0 Å². The predicted octanol–water partition coefficient (Wildman–Crippen LogP) is 2.67.